The van der Waals surface area contributed by atoms with Crippen LogP contribution in [0.25, 0.3) is 0 Å². The van der Waals surface area contributed by atoms with E-state index in [1.165, 1.54) is 84.1 Å². The van der Waals surface area contributed by atoms with Gasteiger partial charge in [0.05, 0.1) is 8.42 Å². The minimum Gasteiger partial charge on any atom is -0.113 e. The topological polar surface area (TPSA) is 0 Å². The molecule has 0 saturated carbocycles. The Morgan fingerprint density at radius 1 is 0.682 bits per heavy atom. The van der Waals surface area contributed by atoms with Crippen LogP contribution in [0.2, 0.25) is 0 Å². The summed E-state index contributed by atoms with van der Waals surface area (Å²) < 4.78 is 4.08. The first kappa shape index (κ1) is 21.0. The van der Waals surface area contributed by atoms with Crippen LogP contribution in [0.15, 0.2) is 8.42 Å². The zero-order chi connectivity index (χ0) is 16.0. The Kier molecular flexibility index (Phi) is 13.7. The summed E-state index contributed by atoms with van der Waals surface area (Å²) in [4.78, 5) is 0. The van der Waals surface area contributed by atoms with E-state index in [-0.39, 0.29) is 0 Å². The molecule has 0 aliphatic heterocycles. The first-order chi connectivity index (χ1) is 10.8. The molecule has 0 bridgehead atoms. The van der Waals surface area contributed by atoms with Crippen molar-refractivity contribution in [1.29, 1.82) is 0 Å². The lowest BCUT2D eigenvalue weighted by Gasteiger charge is -2.03. The zero-order valence-electron chi connectivity index (χ0n) is 14.0. The Labute approximate surface area is 158 Å². The molecule has 1 aromatic heterocycles. The molecular formula is C17H30S5. The van der Waals surface area contributed by atoms with Gasteiger partial charge in [-0.3, -0.25) is 0 Å². The van der Waals surface area contributed by atoms with Crippen LogP contribution in [0.5, 0.6) is 0 Å². The van der Waals surface area contributed by atoms with Crippen LogP contribution in [0, 0.1) is 3.14 Å². The number of hydrogen-bond acceptors (Lipinski definition) is 5. The molecule has 1 aromatic rings. The van der Waals surface area contributed by atoms with E-state index in [4.69, 9.17) is 12.2 Å². The number of unbranched alkanes of at least 4 members (excludes halogenated alkanes) is 8. The smallest absolute Gasteiger partial charge is 0.113 e. The van der Waals surface area contributed by atoms with Crippen molar-refractivity contribution in [2.24, 2.45) is 0 Å². The van der Waals surface area contributed by atoms with E-state index in [0.29, 0.717) is 0 Å². The van der Waals surface area contributed by atoms with Crippen LogP contribution in [-0.2, 0) is 0 Å². The van der Waals surface area contributed by atoms with Crippen LogP contribution in [-0.4, -0.2) is 11.5 Å². The first-order valence-electron chi connectivity index (χ1n) is 8.67. The van der Waals surface area contributed by atoms with E-state index < -0.39 is 0 Å². The van der Waals surface area contributed by atoms with Gasteiger partial charge in [-0.2, -0.15) is 0 Å². The van der Waals surface area contributed by atoms with Gasteiger partial charge in [-0.25, -0.2) is 0 Å². The van der Waals surface area contributed by atoms with Gasteiger partial charge in [-0.05, 0) is 24.3 Å². The second-order valence-electron chi connectivity index (χ2n) is 5.55. The molecule has 1 heterocycles. The Balaban J connectivity index is 2.22. The summed E-state index contributed by atoms with van der Waals surface area (Å²) in [5.41, 5.74) is 0. The van der Waals surface area contributed by atoms with Gasteiger partial charge >= 0.3 is 0 Å². The SMILES string of the molecule is CCCCCCCSc1sc(=S)sc1SCCCCCCC. The van der Waals surface area contributed by atoms with Crippen molar-refractivity contribution in [2.45, 2.75) is 86.5 Å². The van der Waals surface area contributed by atoms with Crippen molar-refractivity contribution in [1.82, 2.24) is 0 Å². The monoisotopic (exact) mass is 394 g/mol. The fourth-order valence-corrected chi connectivity index (χ4v) is 8.42. The van der Waals surface area contributed by atoms with Gasteiger partial charge < -0.3 is 0 Å². The first-order valence-corrected chi connectivity index (χ1v) is 12.7. The molecule has 0 fully saturated rings. The standard InChI is InChI=1S/C17H30S5/c1-3-5-7-9-11-13-19-15-16(22-17(18)21-15)20-14-12-10-8-6-4-2/h3-14H2,1-2H3. The Morgan fingerprint density at radius 2 is 1.09 bits per heavy atom. The third kappa shape index (κ3) is 9.96. The number of thioether (sulfide) groups is 2. The third-order valence-corrected chi connectivity index (χ3v) is 9.24. The quantitative estimate of drug-likeness (QED) is 0.176. The van der Waals surface area contributed by atoms with Crippen molar-refractivity contribution in [3.8, 4) is 0 Å². The highest BCUT2D eigenvalue weighted by atomic mass is 32.2. The maximum atomic E-state index is 5.40. The van der Waals surface area contributed by atoms with Crippen molar-refractivity contribution in [2.75, 3.05) is 11.5 Å². The van der Waals surface area contributed by atoms with Gasteiger partial charge in [0.15, 0.2) is 0 Å². The fourth-order valence-electron chi connectivity index (χ4n) is 2.17. The molecule has 0 radical (unpaired) electrons. The number of rotatable bonds is 14. The van der Waals surface area contributed by atoms with Gasteiger partial charge in [0.1, 0.15) is 3.14 Å². The highest BCUT2D eigenvalue weighted by molar-refractivity contribution is 8.05. The summed E-state index contributed by atoms with van der Waals surface area (Å²) in [7, 11) is 0. The van der Waals surface area contributed by atoms with E-state index in [0.717, 1.165) is 3.14 Å². The normalized spacial score (nSPS) is 11.2. The van der Waals surface area contributed by atoms with Crippen LogP contribution >= 0.6 is 58.4 Å². The molecule has 0 unspecified atom stereocenters. The van der Waals surface area contributed by atoms with E-state index >= 15 is 0 Å². The summed E-state index contributed by atoms with van der Waals surface area (Å²) in [5.74, 6) is 2.52. The van der Waals surface area contributed by atoms with Crippen LogP contribution in [0.3, 0.4) is 0 Å². The summed E-state index contributed by atoms with van der Waals surface area (Å²) in [6, 6.07) is 0. The van der Waals surface area contributed by atoms with Crippen molar-refractivity contribution in [3.05, 3.63) is 3.14 Å². The molecule has 0 aliphatic carbocycles. The van der Waals surface area contributed by atoms with Crippen molar-refractivity contribution >= 4 is 58.4 Å². The lowest BCUT2D eigenvalue weighted by Crippen LogP contribution is -1.83. The van der Waals surface area contributed by atoms with E-state index in [1.807, 2.05) is 46.2 Å². The minimum absolute atomic E-state index is 1.10. The van der Waals surface area contributed by atoms with Crippen LogP contribution in [0.1, 0.15) is 78.1 Å². The van der Waals surface area contributed by atoms with Gasteiger partial charge in [0.2, 0.25) is 0 Å². The Bertz CT molecular complexity index is 384. The van der Waals surface area contributed by atoms with Crippen molar-refractivity contribution in [3.63, 3.8) is 0 Å². The molecule has 5 heteroatoms. The molecule has 22 heavy (non-hydrogen) atoms. The van der Waals surface area contributed by atoms with E-state index in [1.54, 1.807) is 0 Å². The maximum Gasteiger partial charge on any atom is 0.145 e. The van der Waals surface area contributed by atoms with Gasteiger partial charge in [0.25, 0.3) is 0 Å². The van der Waals surface area contributed by atoms with Crippen LogP contribution in [0.4, 0.5) is 0 Å². The highest BCUT2D eigenvalue weighted by Crippen LogP contribution is 2.41. The van der Waals surface area contributed by atoms with Gasteiger partial charge in [-0.1, -0.05) is 77.4 Å². The summed E-state index contributed by atoms with van der Waals surface area (Å²) >= 11 is 13.1. The molecule has 0 aromatic carbocycles. The summed E-state index contributed by atoms with van der Waals surface area (Å²) in [6.45, 7) is 4.55. The van der Waals surface area contributed by atoms with Crippen molar-refractivity contribution < 1.29 is 0 Å². The molecule has 0 spiro atoms. The number of hydrogen-bond donors (Lipinski definition) is 0. The maximum absolute atomic E-state index is 5.40. The zero-order valence-corrected chi connectivity index (χ0v) is 18.1. The summed E-state index contributed by atoms with van der Waals surface area (Å²) in [6.07, 6.45) is 13.7. The molecule has 0 atom stereocenters. The lowest BCUT2D eigenvalue weighted by atomic mass is 10.2. The molecule has 0 saturated heterocycles. The third-order valence-electron chi connectivity index (χ3n) is 3.48. The van der Waals surface area contributed by atoms with Gasteiger partial charge in [-0.15, -0.1) is 46.2 Å². The molecule has 1 rings (SSSR count). The minimum atomic E-state index is 1.10. The lowest BCUT2D eigenvalue weighted by molar-refractivity contribution is 0.659. The second kappa shape index (κ2) is 14.3. The molecular weight excluding hydrogens is 365 g/mol. The Morgan fingerprint density at radius 3 is 1.50 bits per heavy atom. The molecule has 0 N–H and O–H groups in total. The Hall–Kier alpha value is 0.970. The second-order valence-corrected chi connectivity index (χ2v) is 11.5. The molecule has 0 aliphatic rings. The molecule has 128 valence electrons. The van der Waals surface area contributed by atoms with Crippen LogP contribution < -0.4 is 0 Å². The molecule has 0 amide bonds. The molecule has 0 nitrogen and oxygen atoms in total. The largest absolute Gasteiger partial charge is 0.145 e. The fraction of sp³-hybridized carbons (Fsp3) is 0.824. The van der Waals surface area contributed by atoms with E-state index in [2.05, 4.69) is 13.8 Å². The predicted molar refractivity (Wildman–Crippen MR) is 112 cm³/mol. The summed E-state index contributed by atoms with van der Waals surface area (Å²) in [5, 5.41) is 0. The average molecular weight is 395 g/mol. The highest BCUT2D eigenvalue weighted by Gasteiger charge is 2.08. The average Bonchev–Trinajstić information content (AvgIpc) is 2.86. The van der Waals surface area contributed by atoms with E-state index in [9.17, 15) is 0 Å². The van der Waals surface area contributed by atoms with Gasteiger partial charge in [0, 0.05) is 0 Å². The predicted octanol–water partition coefficient (Wildman–Crippen LogP) is 8.66.